The molecule has 0 aromatic carbocycles. The van der Waals surface area contributed by atoms with Crippen molar-refractivity contribution in [2.75, 3.05) is 10.6 Å². The Bertz CT molecular complexity index is 693. The summed E-state index contributed by atoms with van der Waals surface area (Å²) in [6, 6.07) is -0.702. The van der Waals surface area contributed by atoms with Crippen LogP contribution in [0.1, 0.15) is 23.3 Å². The third kappa shape index (κ3) is 3.35. The van der Waals surface area contributed by atoms with Gasteiger partial charge in [0.1, 0.15) is 0 Å². The minimum atomic E-state index is -4.58. The molecule has 0 unspecified atom stereocenters. The molecule has 0 spiro atoms. The van der Waals surface area contributed by atoms with Crippen molar-refractivity contribution in [2.24, 2.45) is 0 Å². The van der Waals surface area contributed by atoms with Crippen LogP contribution in [0, 0.1) is 13.8 Å². The second-order valence-corrected chi connectivity index (χ2v) is 5.33. The van der Waals surface area contributed by atoms with Crippen molar-refractivity contribution in [3.05, 3.63) is 16.4 Å². The van der Waals surface area contributed by atoms with Crippen LogP contribution < -0.4 is 10.6 Å². The molecular formula is C11H13F3N6OS. The van der Waals surface area contributed by atoms with Gasteiger partial charge in [-0.1, -0.05) is 11.3 Å². The largest absolute Gasteiger partial charge is 0.445 e. The molecule has 2 rings (SSSR count). The summed E-state index contributed by atoms with van der Waals surface area (Å²) in [5.74, 6) is 0. The van der Waals surface area contributed by atoms with Crippen molar-refractivity contribution >= 4 is 28.2 Å². The number of rotatable bonds is 3. The summed E-state index contributed by atoms with van der Waals surface area (Å²) < 4.78 is 38.9. The number of hydrogen-bond donors (Lipinski definition) is 2. The smallest absolute Gasteiger partial charge is 0.304 e. The van der Waals surface area contributed by atoms with Gasteiger partial charge in [-0.2, -0.15) is 18.3 Å². The number of nitrogens with one attached hydrogen (secondary N) is 2. The molecule has 0 aliphatic carbocycles. The number of aryl methyl sites for hydroxylation is 2. The normalized spacial score (nSPS) is 11.5. The molecule has 11 heteroatoms. The number of urea groups is 1. The van der Waals surface area contributed by atoms with Gasteiger partial charge in [0.05, 0.1) is 17.1 Å². The Hall–Kier alpha value is -2.17. The minimum absolute atomic E-state index is 0.233. The molecule has 7 nitrogen and oxygen atoms in total. The summed E-state index contributed by atoms with van der Waals surface area (Å²) >= 11 is 0.257. The van der Waals surface area contributed by atoms with E-state index in [0.29, 0.717) is 17.9 Å². The molecule has 0 atom stereocenters. The number of carbonyl (C=O) groups excluding carboxylic acids is 1. The fourth-order valence-corrected chi connectivity index (χ4v) is 2.42. The number of amides is 2. The maximum atomic E-state index is 12.4. The fourth-order valence-electron chi connectivity index (χ4n) is 1.82. The summed E-state index contributed by atoms with van der Waals surface area (Å²) in [6.07, 6.45) is -4.58. The topological polar surface area (TPSA) is 84.7 Å². The third-order valence-electron chi connectivity index (χ3n) is 2.81. The zero-order valence-corrected chi connectivity index (χ0v) is 12.8. The maximum Gasteiger partial charge on any atom is 0.445 e. The van der Waals surface area contributed by atoms with E-state index in [4.69, 9.17) is 0 Å². The first kappa shape index (κ1) is 16.2. The van der Waals surface area contributed by atoms with E-state index in [2.05, 4.69) is 25.9 Å². The lowest BCUT2D eigenvalue weighted by Crippen LogP contribution is -2.20. The van der Waals surface area contributed by atoms with Crippen molar-refractivity contribution in [2.45, 2.75) is 33.5 Å². The van der Waals surface area contributed by atoms with Gasteiger partial charge in [0.25, 0.3) is 0 Å². The van der Waals surface area contributed by atoms with E-state index in [1.165, 1.54) is 0 Å². The highest BCUT2D eigenvalue weighted by Gasteiger charge is 2.35. The second kappa shape index (κ2) is 5.91. The van der Waals surface area contributed by atoms with Crippen LogP contribution in [-0.4, -0.2) is 26.0 Å². The third-order valence-corrected chi connectivity index (χ3v) is 3.69. The number of alkyl halides is 3. The minimum Gasteiger partial charge on any atom is -0.304 e. The first-order valence-electron chi connectivity index (χ1n) is 6.25. The molecule has 0 bridgehead atoms. The Balaban J connectivity index is 2.08. The average molecular weight is 334 g/mol. The number of nitrogens with zero attached hydrogens (tertiary/aromatic N) is 4. The summed E-state index contributed by atoms with van der Waals surface area (Å²) in [6.45, 7) is 6.05. The van der Waals surface area contributed by atoms with E-state index in [-0.39, 0.29) is 16.5 Å². The summed E-state index contributed by atoms with van der Waals surface area (Å²) in [5, 5.41) is 13.9. The average Bonchev–Trinajstić information content (AvgIpc) is 2.98. The van der Waals surface area contributed by atoms with E-state index < -0.39 is 17.2 Å². The molecule has 0 fully saturated rings. The Morgan fingerprint density at radius 3 is 2.45 bits per heavy atom. The fraction of sp³-hybridized carbons (Fsp3) is 0.455. The number of anilines is 2. The molecule has 2 aromatic heterocycles. The van der Waals surface area contributed by atoms with Crippen molar-refractivity contribution in [3.8, 4) is 0 Å². The Kier molecular flexibility index (Phi) is 4.35. The number of aromatic nitrogens is 4. The quantitative estimate of drug-likeness (QED) is 0.903. The Morgan fingerprint density at radius 1 is 1.27 bits per heavy atom. The first-order chi connectivity index (χ1) is 10.2. The van der Waals surface area contributed by atoms with Gasteiger partial charge in [0.2, 0.25) is 10.1 Å². The SMILES string of the molecule is CCn1nc(C)c(NC(=O)Nc2nnc(C(F)(F)F)s2)c1C. The Labute approximate surface area is 127 Å². The molecule has 0 radical (unpaired) electrons. The van der Waals surface area contributed by atoms with Crippen LogP contribution in [0.2, 0.25) is 0 Å². The molecule has 2 aromatic rings. The molecular weight excluding hydrogens is 321 g/mol. The van der Waals surface area contributed by atoms with Gasteiger partial charge < -0.3 is 5.32 Å². The van der Waals surface area contributed by atoms with Crippen LogP contribution in [0.5, 0.6) is 0 Å². The van der Waals surface area contributed by atoms with Gasteiger partial charge in [-0.05, 0) is 20.8 Å². The monoisotopic (exact) mass is 334 g/mol. The molecule has 22 heavy (non-hydrogen) atoms. The van der Waals surface area contributed by atoms with E-state index in [1.807, 2.05) is 6.92 Å². The number of carbonyl (C=O) groups is 1. The van der Waals surface area contributed by atoms with Crippen LogP contribution in [0.4, 0.5) is 28.8 Å². The van der Waals surface area contributed by atoms with Gasteiger partial charge in [0, 0.05) is 6.54 Å². The van der Waals surface area contributed by atoms with E-state index in [0.717, 1.165) is 5.69 Å². The highest BCUT2D eigenvalue weighted by molar-refractivity contribution is 7.15. The molecule has 2 amide bonds. The van der Waals surface area contributed by atoms with E-state index >= 15 is 0 Å². The molecule has 120 valence electrons. The predicted octanol–water partition coefficient (Wildman–Crippen LogP) is 3.03. The van der Waals surface area contributed by atoms with Crippen LogP contribution in [-0.2, 0) is 12.7 Å². The standard InChI is InChI=1S/C11H13F3N6OS/c1-4-20-6(3)7(5(2)19-20)15-9(21)16-10-18-17-8(22-10)11(12,13)14/h4H2,1-3H3,(H2,15,16,18,21). The van der Waals surface area contributed by atoms with Gasteiger partial charge >= 0.3 is 12.2 Å². The van der Waals surface area contributed by atoms with E-state index in [9.17, 15) is 18.0 Å². The highest BCUT2D eigenvalue weighted by atomic mass is 32.1. The second-order valence-electron chi connectivity index (χ2n) is 4.35. The predicted molar refractivity (Wildman–Crippen MR) is 74.9 cm³/mol. The van der Waals surface area contributed by atoms with Gasteiger partial charge in [-0.25, -0.2) is 4.79 Å². The van der Waals surface area contributed by atoms with Crippen LogP contribution in [0.25, 0.3) is 0 Å². The zero-order valence-electron chi connectivity index (χ0n) is 11.9. The van der Waals surface area contributed by atoms with E-state index in [1.54, 1.807) is 18.5 Å². The first-order valence-corrected chi connectivity index (χ1v) is 7.06. The van der Waals surface area contributed by atoms with Crippen LogP contribution in [0.15, 0.2) is 0 Å². The molecule has 2 heterocycles. The van der Waals surface area contributed by atoms with Crippen LogP contribution in [0.3, 0.4) is 0 Å². The lowest BCUT2D eigenvalue weighted by atomic mass is 10.3. The van der Waals surface area contributed by atoms with Crippen molar-refractivity contribution in [3.63, 3.8) is 0 Å². The van der Waals surface area contributed by atoms with Gasteiger partial charge in [-0.15, -0.1) is 10.2 Å². The number of halogens is 3. The summed E-state index contributed by atoms with van der Waals surface area (Å²) in [7, 11) is 0. The van der Waals surface area contributed by atoms with Gasteiger partial charge in [0.15, 0.2) is 0 Å². The molecule has 0 aliphatic heterocycles. The molecule has 0 saturated heterocycles. The summed E-state index contributed by atoms with van der Waals surface area (Å²) in [5.41, 5.74) is 1.88. The molecule has 2 N–H and O–H groups in total. The van der Waals surface area contributed by atoms with Crippen LogP contribution >= 0.6 is 11.3 Å². The zero-order chi connectivity index (χ0) is 16.5. The van der Waals surface area contributed by atoms with Gasteiger partial charge in [-0.3, -0.25) is 10.00 Å². The van der Waals surface area contributed by atoms with Crippen molar-refractivity contribution < 1.29 is 18.0 Å². The molecule has 0 aliphatic rings. The van der Waals surface area contributed by atoms with Crippen molar-refractivity contribution in [1.82, 2.24) is 20.0 Å². The maximum absolute atomic E-state index is 12.4. The summed E-state index contributed by atoms with van der Waals surface area (Å²) in [4.78, 5) is 11.8. The Morgan fingerprint density at radius 2 is 1.95 bits per heavy atom. The molecule has 0 saturated carbocycles. The number of hydrogen-bond acceptors (Lipinski definition) is 5. The lowest BCUT2D eigenvalue weighted by Gasteiger charge is -2.05. The highest BCUT2D eigenvalue weighted by Crippen LogP contribution is 2.33. The lowest BCUT2D eigenvalue weighted by molar-refractivity contribution is -0.138. The van der Waals surface area contributed by atoms with Crippen molar-refractivity contribution in [1.29, 1.82) is 0 Å².